The van der Waals surface area contributed by atoms with Crippen molar-refractivity contribution in [3.63, 3.8) is 0 Å². The number of hydrogen-bond acceptors (Lipinski definition) is 4. The minimum atomic E-state index is 0.401. The molecule has 1 heterocycles. The lowest BCUT2D eigenvalue weighted by Crippen LogP contribution is -2.16. The van der Waals surface area contributed by atoms with Crippen LogP contribution in [0.2, 0.25) is 0 Å². The number of nitrogens with zero attached hydrogens (tertiary/aromatic N) is 2. The third-order valence-electron chi connectivity index (χ3n) is 3.41. The predicted octanol–water partition coefficient (Wildman–Crippen LogP) is 3.49. The molecule has 0 aliphatic heterocycles. The van der Waals surface area contributed by atoms with Crippen LogP contribution in [0.4, 0.5) is 11.6 Å². The van der Waals surface area contributed by atoms with Gasteiger partial charge in [-0.2, -0.15) is 0 Å². The summed E-state index contributed by atoms with van der Waals surface area (Å²) in [4.78, 5) is 8.67. The summed E-state index contributed by atoms with van der Waals surface area (Å²) in [6.45, 7) is 9.78. The Morgan fingerprint density at radius 1 is 1.11 bits per heavy atom. The lowest BCUT2D eigenvalue weighted by Gasteiger charge is -2.19. The summed E-state index contributed by atoms with van der Waals surface area (Å²) in [6, 6.07) is 0. The molecule has 0 saturated heterocycles. The van der Waals surface area contributed by atoms with E-state index in [1.165, 1.54) is 18.4 Å². The Kier molecular flexibility index (Phi) is 5.89. The molecule has 2 N–H and O–H groups in total. The van der Waals surface area contributed by atoms with Gasteiger partial charge in [-0.3, -0.25) is 0 Å². The van der Waals surface area contributed by atoms with Gasteiger partial charge in [-0.05, 0) is 11.8 Å². The molecule has 4 nitrogen and oxygen atoms in total. The molecule has 102 valence electrons. The van der Waals surface area contributed by atoms with E-state index in [0.717, 1.165) is 18.2 Å². The van der Waals surface area contributed by atoms with Crippen LogP contribution >= 0.6 is 0 Å². The van der Waals surface area contributed by atoms with Crippen molar-refractivity contribution in [1.82, 2.24) is 9.97 Å². The molecule has 0 radical (unpaired) electrons. The van der Waals surface area contributed by atoms with Gasteiger partial charge in [0, 0.05) is 19.2 Å². The average Bonchev–Trinajstić information content (AvgIpc) is 2.39. The van der Waals surface area contributed by atoms with E-state index in [-0.39, 0.29) is 0 Å². The molecule has 0 aliphatic rings. The molecule has 0 aliphatic carbocycles. The average molecular weight is 250 g/mol. The minimum absolute atomic E-state index is 0.401. The zero-order chi connectivity index (χ0) is 13.5. The number of hydrogen-bond donors (Lipinski definition) is 2. The zero-order valence-corrected chi connectivity index (χ0v) is 12.2. The van der Waals surface area contributed by atoms with Crippen LogP contribution in [0.3, 0.4) is 0 Å². The second-order valence-electron chi connectivity index (χ2n) is 4.95. The van der Waals surface area contributed by atoms with Gasteiger partial charge in [-0.15, -0.1) is 0 Å². The Morgan fingerprint density at radius 2 is 1.72 bits per heavy atom. The van der Waals surface area contributed by atoms with Crippen molar-refractivity contribution in [2.24, 2.45) is 5.92 Å². The molecule has 1 aromatic heterocycles. The lowest BCUT2D eigenvalue weighted by atomic mass is 10.0. The Labute approximate surface area is 111 Å². The molecule has 4 heteroatoms. The van der Waals surface area contributed by atoms with E-state index < -0.39 is 0 Å². The molecule has 0 amide bonds. The molecule has 0 aromatic carbocycles. The van der Waals surface area contributed by atoms with Crippen molar-refractivity contribution in [3.8, 4) is 0 Å². The monoisotopic (exact) mass is 250 g/mol. The first kappa shape index (κ1) is 14.7. The number of aromatic nitrogens is 2. The van der Waals surface area contributed by atoms with Crippen molar-refractivity contribution >= 4 is 11.6 Å². The number of rotatable bonds is 7. The van der Waals surface area contributed by atoms with Gasteiger partial charge in [0.25, 0.3) is 0 Å². The third kappa shape index (κ3) is 3.59. The van der Waals surface area contributed by atoms with Crippen LogP contribution in [0.1, 0.15) is 52.0 Å². The molecule has 0 saturated carbocycles. The van der Waals surface area contributed by atoms with E-state index in [0.29, 0.717) is 11.8 Å². The van der Waals surface area contributed by atoms with Crippen molar-refractivity contribution in [1.29, 1.82) is 0 Å². The first-order valence-electron chi connectivity index (χ1n) is 6.90. The highest BCUT2D eigenvalue weighted by Crippen LogP contribution is 2.28. The summed E-state index contributed by atoms with van der Waals surface area (Å²) in [5.74, 6) is 3.00. The number of nitrogens with one attached hydrogen (secondary N) is 2. The van der Waals surface area contributed by atoms with Gasteiger partial charge in [-0.25, -0.2) is 9.97 Å². The molecule has 1 rings (SSSR count). The number of anilines is 2. The van der Waals surface area contributed by atoms with Crippen LogP contribution < -0.4 is 10.6 Å². The quantitative estimate of drug-likeness (QED) is 0.777. The maximum atomic E-state index is 4.39. The lowest BCUT2D eigenvalue weighted by molar-refractivity contribution is 0.518. The molecule has 1 aromatic rings. The first-order chi connectivity index (χ1) is 8.63. The van der Waals surface area contributed by atoms with E-state index in [4.69, 9.17) is 0 Å². The molecule has 0 spiro atoms. The topological polar surface area (TPSA) is 49.8 Å². The smallest absolute Gasteiger partial charge is 0.134 e. The Bertz CT molecular complexity index is 359. The maximum absolute atomic E-state index is 4.39. The van der Waals surface area contributed by atoms with Crippen LogP contribution in [0, 0.1) is 5.92 Å². The summed E-state index contributed by atoms with van der Waals surface area (Å²) in [5, 5.41) is 6.62. The highest BCUT2D eigenvalue weighted by Gasteiger charge is 2.14. The van der Waals surface area contributed by atoms with Gasteiger partial charge in [0.05, 0.1) is 0 Å². The predicted molar refractivity (Wildman–Crippen MR) is 78.2 cm³/mol. The van der Waals surface area contributed by atoms with Crippen molar-refractivity contribution in [2.45, 2.75) is 46.5 Å². The fraction of sp³-hybridized carbons (Fsp3) is 0.714. The van der Waals surface area contributed by atoms with Gasteiger partial charge in [0.2, 0.25) is 0 Å². The molecule has 0 bridgehead atoms. The first-order valence-corrected chi connectivity index (χ1v) is 6.90. The summed E-state index contributed by atoms with van der Waals surface area (Å²) in [7, 11) is 1.90. The van der Waals surface area contributed by atoms with Crippen molar-refractivity contribution in [3.05, 3.63) is 11.9 Å². The van der Waals surface area contributed by atoms with Crippen molar-refractivity contribution in [2.75, 3.05) is 24.2 Å². The Morgan fingerprint density at radius 3 is 2.22 bits per heavy atom. The van der Waals surface area contributed by atoms with Crippen LogP contribution in [-0.4, -0.2) is 23.6 Å². The van der Waals surface area contributed by atoms with E-state index >= 15 is 0 Å². The molecule has 18 heavy (non-hydrogen) atoms. The SMILES string of the molecule is CCC(CC)CNc1ncnc(NC)c1C(C)C. The Hall–Kier alpha value is -1.32. The van der Waals surface area contributed by atoms with E-state index in [9.17, 15) is 0 Å². The third-order valence-corrected chi connectivity index (χ3v) is 3.41. The molecule has 0 fully saturated rings. The molecular weight excluding hydrogens is 224 g/mol. The van der Waals surface area contributed by atoms with E-state index in [1.807, 2.05) is 7.05 Å². The standard InChI is InChI=1S/C14H26N4/c1-6-11(7-2)8-16-14-12(10(3)4)13(15-5)17-9-18-14/h9-11H,6-8H2,1-5H3,(H2,15,16,17,18). The summed E-state index contributed by atoms with van der Waals surface area (Å²) >= 11 is 0. The molecule has 0 unspecified atom stereocenters. The summed E-state index contributed by atoms with van der Waals surface area (Å²) < 4.78 is 0. The molecule has 0 atom stereocenters. The van der Waals surface area contributed by atoms with Crippen LogP contribution in [-0.2, 0) is 0 Å². The maximum Gasteiger partial charge on any atom is 0.134 e. The van der Waals surface area contributed by atoms with Crippen LogP contribution in [0.5, 0.6) is 0 Å². The second kappa shape index (κ2) is 7.19. The minimum Gasteiger partial charge on any atom is -0.373 e. The van der Waals surface area contributed by atoms with Gasteiger partial charge in [0.15, 0.2) is 0 Å². The van der Waals surface area contributed by atoms with Gasteiger partial charge in [0.1, 0.15) is 18.0 Å². The van der Waals surface area contributed by atoms with Crippen molar-refractivity contribution < 1.29 is 0 Å². The highest BCUT2D eigenvalue weighted by atomic mass is 15.1. The van der Waals surface area contributed by atoms with Crippen LogP contribution in [0.25, 0.3) is 0 Å². The van der Waals surface area contributed by atoms with Gasteiger partial charge in [-0.1, -0.05) is 40.5 Å². The normalized spacial score (nSPS) is 11.1. The summed E-state index contributed by atoms with van der Waals surface area (Å²) in [6.07, 6.45) is 4.02. The van der Waals surface area contributed by atoms with E-state index in [1.54, 1.807) is 6.33 Å². The molecular formula is C14H26N4. The Balaban J connectivity index is 2.87. The van der Waals surface area contributed by atoms with Gasteiger partial charge < -0.3 is 10.6 Å². The fourth-order valence-corrected chi connectivity index (χ4v) is 2.10. The largest absolute Gasteiger partial charge is 0.373 e. The van der Waals surface area contributed by atoms with Crippen LogP contribution in [0.15, 0.2) is 6.33 Å². The van der Waals surface area contributed by atoms with E-state index in [2.05, 4.69) is 48.3 Å². The summed E-state index contributed by atoms with van der Waals surface area (Å²) in [5.41, 5.74) is 1.17. The van der Waals surface area contributed by atoms with Gasteiger partial charge >= 0.3 is 0 Å². The zero-order valence-electron chi connectivity index (χ0n) is 12.2. The fourth-order valence-electron chi connectivity index (χ4n) is 2.10. The second-order valence-corrected chi connectivity index (χ2v) is 4.95. The highest BCUT2D eigenvalue weighted by molar-refractivity contribution is 5.58.